The first kappa shape index (κ1) is 25.2. The Morgan fingerprint density at radius 1 is 1.09 bits per heavy atom. The lowest BCUT2D eigenvalue weighted by Gasteiger charge is -2.10. The number of hydrogen-bond donors (Lipinski definition) is 3. The minimum atomic E-state index is -4.94. The second-order valence-corrected chi connectivity index (χ2v) is 10.1. The van der Waals surface area contributed by atoms with Gasteiger partial charge in [0.2, 0.25) is 15.7 Å². The Balaban J connectivity index is 2.10. The maximum atomic E-state index is 13.2. The summed E-state index contributed by atoms with van der Waals surface area (Å²) in [6, 6.07) is 10.9. The first-order valence-corrected chi connectivity index (χ1v) is 11.7. The molecule has 3 rings (SSSR count). The van der Waals surface area contributed by atoms with Gasteiger partial charge in [0.15, 0.2) is 0 Å². The van der Waals surface area contributed by atoms with Crippen molar-refractivity contribution in [2.45, 2.75) is 28.5 Å². The predicted molar refractivity (Wildman–Crippen MR) is 117 cm³/mol. The molecule has 180 valence electrons. The molecule has 34 heavy (non-hydrogen) atoms. The van der Waals surface area contributed by atoms with Crippen LogP contribution in [0.2, 0.25) is 0 Å². The third-order valence-electron chi connectivity index (χ3n) is 4.44. The van der Waals surface area contributed by atoms with Crippen LogP contribution in [-0.4, -0.2) is 37.8 Å². The molecule has 0 spiro atoms. The Morgan fingerprint density at radius 3 is 2.26 bits per heavy atom. The fourth-order valence-electron chi connectivity index (χ4n) is 2.88. The molecule has 0 saturated carbocycles. The minimum absolute atomic E-state index is 0.0233. The molecular weight excluding hydrogens is 497 g/mol. The van der Waals surface area contributed by atoms with E-state index < -0.39 is 39.9 Å². The Morgan fingerprint density at radius 2 is 1.71 bits per heavy atom. The predicted octanol–water partition coefficient (Wildman–Crippen LogP) is 3.56. The van der Waals surface area contributed by atoms with E-state index >= 15 is 0 Å². The quantitative estimate of drug-likeness (QED) is 0.441. The molecule has 2 amide bonds. The van der Waals surface area contributed by atoms with E-state index in [0.29, 0.717) is 11.3 Å². The number of nitrogens with one attached hydrogen (secondary N) is 1. The molecule has 0 bridgehead atoms. The van der Waals surface area contributed by atoms with Crippen LogP contribution in [0.1, 0.15) is 17.3 Å². The number of alkyl halides is 3. The van der Waals surface area contributed by atoms with Gasteiger partial charge in [0, 0.05) is 11.1 Å². The van der Waals surface area contributed by atoms with Crippen molar-refractivity contribution in [2.75, 3.05) is 5.32 Å². The van der Waals surface area contributed by atoms with Crippen LogP contribution in [-0.2, 0) is 14.6 Å². The van der Waals surface area contributed by atoms with E-state index in [4.69, 9.17) is 5.73 Å². The number of halogens is 3. The number of amides is 2. The summed E-state index contributed by atoms with van der Waals surface area (Å²) < 4.78 is 66.9. The number of aliphatic hydroxyl groups excluding tert-OH is 1. The molecule has 0 aliphatic rings. The number of aliphatic hydroxyl groups is 1. The number of anilines is 1. The fourth-order valence-corrected chi connectivity index (χ4v) is 5.67. The number of ether oxygens (including phenoxy) is 1. The zero-order valence-electron chi connectivity index (χ0n) is 17.3. The van der Waals surface area contributed by atoms with Gasteiger partial charge < -0.3 is 20.9 Å². The van der Waals surface area contributed by atoms with Gasteiger partial charge in [-0.1, -0.05) is 18.2 Å². The molecule has 0 radical (unpaired) electrons. The maximum Gasteiger partial charge on any atom is 0.573 e. The van der Waals surface area contributed by atoms with E-state index in [1.807, 2.05) is 0 Å². The number of primary amides is 1. The zero-order chi connectivity index (χ0) is 25.3. The number of rotatable bonds is 7. The van der Waals surface area contributed by atoms with Crippen molar-refractivity contribution in [1.29, 1.82) is 0 Å². The van der Waals surface area contributed by atoms with Gasteiger partial charge >= 0.3 is 6.36 Å². The average molecular weight is 515 g/mol. The molecule has 0 fully saturated rings. The van der Waals surface area contributed by atoms with Gasteiger partial charge in [0.25, 0.3) is 5.91 Å². The molecule has 3 aromatic rings. The van der Waals surface area contributed by atoms with Crippen molar-refractivity contribution in [1.82, 2.24) is 0 Å². The van der Waals surface area contributed by atoms with E-state index in [2.05, 4.69) is 10.1 Å². The Hall–Kier alpha value is -3.42. The lowest BCUT2D eigenvalue weighted by atomic mass is 10.0. The molecule has 0 saturated heterocycles. The molecule has 8 nitrogen and oxygen atoms in total. The maximum absolute atomic E-state index is 13.2. The highest BCUT2D eigenvalue weighted by molar-refractivity contribution is 7.93. The summed E-state index contributed by atoms with van der Waals surface area (Å²) in [6.45, 7) is 1.21. The van der Waals surface area contributed by atoms with E-state index in [1.165, 1.54) is 25.1 Å². The molecule has 13 heteroatoms. The van der Waals surface area contributed by atoms with E-state index in [1.54, 1.807) is 12.1 Å². The van der Waals surface area contributed by atoms with E-state index in [0.717, 1.165) is 24.3 Å². The first-order chi connectivity index (χ1) is 15.8. The second-order valence-electron chi connectivity index (χ2n) is 6.91. The van der Waals surface area contributed by atoms with E-state index in [-0.39, 0.29) is 30.8 Å². The van der Waals surface area contributed by atoms with Crippen LogP contribution in [0.3, 0.4) is 0 Å². The van der Waals surface area contributed by atoms with Crippen LogP contribution >= 0.6 is 11.3 Å². The minimum Gasteiger partial charge on any atom is -0.406 e. The largest absolute Gasteiger partial charge is 0.573 e. The molecular formula is C21H17F3N2O6S2. The lowest BCUT2D eigenvalue weighted by Crippen LogP contribution is -2.24. The molecule has 2 aromatic carbocycles. The smallest absolute Gasteiger partial charge is 0.406 e. The Bertz CT molecular complexity index is 1330. The highest BCUT2D eigenvalue weighted by atomic mass is 32.2. The summed E-state index contributed by atoms with van der Waals surface area (Å²) in [5.41, 5.74) is 5.88. The van der Waals surface area contributed by atoms with Crippen molar-refractivity contribution in [3.05, 3.63) is 60.2 Å². The van der Waals surface area contributed by atoms with Gasteiger partial charge in [0.05, 0.1) is 4.90 Å². The third kappa shape index (κ3) is 5.55. The molecule has 0 aliphatic heterocycles. The molecule has 1 heterocycles. The van der Waals surface area contributed by atoms with Crippen LogP contribution in [0.15, 0.2) is 63.7 Å². The molecule has 1 aromatic heterocycles. The topological polar surface area (TPSA) is 136 Å². The molecule has 0 aliphatic carbocycles. The first-order valence-electron chi connectivity index (χ1n) is 9.42. The van der Waals surface area contributed by atoms with Crippen molar-refractivity contribution in [2.24, 2.45) is 5.73 Å². The summed E-state index contributed by atoms with van der Waals surface area (Å²) in [6.07, 6.45) is -6.35. The molecule has 4 N–H and O–H groups in total. The standard InChI is InChI=1S/C21H17F3N2O6S2/c1-11(27)19(29)26-20-16(14-4-2-3-5-15(14)18(25)28)10-17(33-20)34(30,31)13-8-6-12(7-9-13)32-21(22,23)24/h2-11,27H,1H3,(H2,25,28)(H,26,29). The van der Waals surface area contributed by atoms with Gasteiger partial charge in [-0.3, -0.25) is 9.59 Å². The van der Waals surface area contributed by atoms with Gasteiger partial charge in [-0.15, -0.1) is 24.5 Å². The number of carbonyl (C=O) groups is 2. The summed E-state index contributed by atoms with van der Waals surface area (Å²) in [5, 5.41) is 12.0. The van der Waals surface area contributed by atoms with Gasteiger partial charge in [0.1, 0.15) is 21.1 Å². The van der Waals surface area contributed by atoms with Gasteiger partial charge in [-0.25, -0.2) is 8.42 Å². The number of benzene rings is 2. The number of thiophene rings is 1. The summed E-state index contributed by atoms with van der Waals surface area (Å²) >= 11 is 0.642. The SMILES string of the molecule is CC(O)C(=O)Nc1sc(S(=O)(=O)c2ccc(OC(F)(F)F)cc2)cc1-c1ccccc1C(N)=O. The Kier molecular flexibility index (Phi) is 7.00. The second kappa shape index (κ2) is 9.44. The average Bonchev–Trinajstić information content (AvgIpc) is 3.17. The summed E-state index contributed by atoms with van der Waals surface area (Å²) in [5.74, 6) is -2.21. The van der Waals surface area contributed by atoms with Crippen LogP contribution < -0.4 is 15.8 Å². The highest BCUT2D eigenvalue weighted by Crippen LogP contribution is 2.42. The lowest BCUT2D eigenvalue weighted by molar-refractivity contribution is -0.274. The summed E-state index contributed by atoms with van der Waals surface area (Å²) in [7, 11) is -4.25. The Labute approximate surface area is 195 Å². The number of hydrogen-bond acceptors (Lipinski definition) is 7. The number of nitrogens with two attached hydrogens (primary N) is 1. The zero-order valence-corrected chi connectivity index (χ0v) is 18.9. The normalized spacial score (nSPS) is 12.7. The van der Waals surface area contributed by atoms with Gasteiger partial charge in [-0.05, 0) is 48.9 Å². The molecule has 1 unspecified atom stereocenters. The highest BCUT2D eigenvalue weighted by Gasteiger charge is 2.31. The number of sulfone groups is 1. The van der Waals surface area contributed by atoms with Crippen molar-refractivity contribution >= 4 is 38.0 Å². The molecule has 1 atom stereocenters. The third-order valence-corrected chi connectivity index (χ3v) is 7.73. The summed E-state index contributed by atoms with van der Waals surface area (Å²) in [4.78, 5) is 23.6. The fraction of sp³-hybridized carbons (Fsp3) is 0.143. The van der Waals surface area contributed by atoms with Crippen LogP contribution in [0.25, 0.3) is 11.1 Å². The van der Waals surface area contributed by atoms with E-state index in [9.17, 15) is 36.3 Å². The van der Waals surface area contributed by atoms with Crippen LogP contribution in [0.5, 0.6) is 5.75 Å². The van der Waals surface area contributed by atoms with Crippen molar-refractivity contribution in [3.8, 4) is 16.9 Å². The van der Waals surface area contributed by atoms with Crippen molar-refractivity contribution < 1.29 is 41.0 Å². The van der Waals surface area contributed by atoms with Crippen LogP contribution in [0, 0.1) is 0 Å². The van der Waals surface area contributed by atoms with Gasteiger partial charge in [-0.2, -0.15) is 0 Å². The van der Waals surface area contributed by atoms with Crippen LogP contribution in [0.4, 0.5) is 18.2 Å². The monoisotopic (exact) mass is 514 g/mol. The van der Waals surface area contributed by atoms with Crippen molar-refractivity contribution in [3.63, 3.8) is 0 Å². The number of carbonyl (C=O) groups excluding carboxylic acids is 2.